The summed E-state index contributed by atoms with van der Waals surface area (Å²) >= 11 is 0. The number of nitrogens with zero attached hydrogens (tertiary/aromatic N) is 1. The molecule has 1 saturated carbocycles. The number of hydrogen-bond acceptors (Lipinski definition) is 3. The second kappa shape index (κ2) is 5.31. The molecule has 2 N–H and O–H groups in total. The number of pyridine rings is 1. The number of aromatic amines is 1. The molecule has 2 aromatic rings. The number of aliphatic carboxylic acids is 1. The topological polar surface area (TPSA) is 83.0 Å². The Morgan fingerprint density at radius 1 is 1.38 bits per heavy atom. The molecule has 3 unspecified atom stereocenters. The van der Waals surface area contributed by atoms with Crippen molar-refractivity contribution in [3.05, 3.63) is 30.2 Å². The molecule has 21 heavy (non-hydrogen) atoms. The van der Waals surface area contributed by atoms with E-state index in [1.165, 1.54) is 0 Å². The number of nitrogens with one attached hydrogen (secondary N) is 1. The van der Waals surface area contributed by atoms with E-state index in [4.69, 9.17) is 0 Å². The summed E-state index contributed by atoms with van der Waals surface area (Å²) in [5.41, 5.74) is 1.41. The zero-order valence-corrected chi connectivity index (χ0v) is 11.9. The summed E-state index contributed by atoms with van der Waals surface area (Å²) < 4.78 is 0. The molecule has 1 aliphatic rings. The molecule has 0 aromatic carbocycles. The highest BCUT2D eigenvalue weighted by molar-refractivity contribution is 6.09. The van der Waals surface area contributed by atoms with Gasteiger partial charge in [0.05, 0.1) is 5.92 Å². The minimum atomic E-state index is -0.859. The molecule has 5 heteroatoms. The van der Waals surface area contributed by atoms with Gasteiger partial charge in [0.1, 0.15) is 0 Å². The van der Waals surface area contributed by atoms with Crippen molar-refractivity contribution in [3.8, 4) is 0 Å². The SMILES string of the molecule is CCC1CC(C(=O)O)C(C(=O)c2c[nH]c3ccncc23)C1. The molecule has 0 amide bonds. The van der Waals surface area contributed by atoms with Gasteiger partial charge >= 0.3 is 5.97 Å². The Balaban J connectivity index is 1.95. The summed E-state index contributed by atoms with van der Waals surface area (Å²) in [6.45, 7) is 2.05. The van der Waals surface area contributed by atoms with Gasteiger partial charge in [-0.15, -0.1) is 0 Å². The Kier molecular flexibility index (Phi) is 3.49. The zero-order chi connectivity index (χ0) is 15.0. The number of carbonyl (C=O) groups is 2. The highest BCUT2D eigenvalue weighted by atomic mass is 16.4. The average molecular weight is 286 g/mol. The third-order valence-corrected chi connectivity index (χ3v) is 4.64. The van der Waals surface area contributed by atoms with Crippen molar-refractivity contribution in [2.45, 2.75) is 26.2 Å². The van der Waals surface area contributed by atoms with Crippen LogP contribution in [-0.4, -0.2) is 26.8 Å². The summed E-state index contributed by atoms with van der Waals surface area (Å²) in [6, 6.07) is 1.81. The van der Waals surface area contributed by atoms with Gasteiger partial charge in [0.15, 0.2) is 5.78 Å². The maximum absolute atomic E-state index is 12.8. The molecule has 0 saturated heterocycles. The van der Waals surface area contributed by atoms with Crippen LogP contribution in [0, 0.1) is 17.8 Å². The largest absolute Gasteiger partial charge is 0.481 e. The van der Waals surface area contributed by atoms with Crippen LogP contribution in [0.4, 0.5) is 0 Å². The number of fused-ring (bicyclic) bond motifs is 1. The number of rotatable bonds is 4. The van der Waals surface area contributed by atoms with Crippen LogP contribution in [-0.2, 0) is 4.79 Å². The van der Waals surface area contributed by atoms with Crippen molar-refractivity contribution in [2.24, 2.45) is 17.8 Å². The van der Waals surface area contributed by atoms with Gasteiger partial charge in [-0.2, -0.15) is 0 Å². The molecule has 5 nitrogen and oxygen atoms in total. The van der Waals surface area contributed by atoms with Gasteiger partial charge in [-0.3, -0.25) is 14.6 Å². The van der Waals surface area contributed by atoms with E-state index in [-0.39, 0.29) is 5.78 Å². The lowest BCUT2D eigenvalue weighted by Crippen LogP contribution is -2.25. The molecule has 0 radical (unpaired) electrons. The van der Waals surface area contributed by atoms with Gasteiger partial charge in [-0.1, -0.05) is 13.3 Å². The summed E-state index contributed by atoms with van der Waals surface area (Å²) in [4.78, 5) is 31.3. The Hall–Kier alpha value is -2.17. The van der Waals surface area contributed by atoms with E-state index in [0.29, 0.717) is 24.3 Å². The van der Waals surface area contributed by atoms with Crippen molar-refractivity contribution < 1.29 is 14.7 Å². The first kappa shape index (κ1) is 13.8. The Morgan fingerprint density at radius 2 is 2.14 bits per heavy atom. The number of H-pyrrole nitrogens is 1. The van der Waals surface area contributed by atoms with E-state index in [1.54, 1.807) is 18.6 Å². The number of carboxylic acids is 1. The van der Waals surface area contributed by atoms with Gasteiger partial charge in [0.25, 0.3) is 0 Å². The zero-order valence-electron chi connectivity index (χ0n) is 11.9. The highest BCUT2D eigenvalue weighted by Gasteiger charge is 2.42. The number of carboxylic acid groups (broad SMARTS) is 1. The van der Waals surface area contributed by atoms with Crippen LogP contribution in [0.15, 0.2) is 24.7 Å². The lowest BCUT2D eigenvalue weighted by molar-refractivity contribution is -0.142. The first-order valence-corrected chi connectivity index (χ1v) is 7.30. The monoisotopic (exact) mass is 286 g/mol. The second-order valence-corrected chi connectivity index (χ2v) is 5.78. The average Bonchev–Trinajstić information content (AvgIpc) is 3.10. The number of Topliss-reactive ketones (excluding diaryl/α,β-unsaturated/α-hetero) is 1. The normalized spacial score (nSPS) is 25.3. The Labute approximate surface area is 122 Å². The smallest absolute Gasteiger partial charge is 0.307 e. The maximum Gasteiger partial charge on any atom is 0.307 e. The molecule has 2 heterocycles. The summed E-state index contributed by atoms with van der Waals surface area (Å²) in [7, 11) is 0. The minimum Gasteiger partial charge on any atom is -0.481 e. The van der Waals surface area contributed by atoms with E-state index >= 15 is 0 Å². The summed E-state index contributed by atoms with van der Waals surface area (Å²) in [5.74, 6) is -1.60. The highest BCUT2D eigenvalue weighted by Crippen LogP contribution is 2.40. The van der Waals surface area contributed by atoms with E-state index in [2.05, 4.69) is 9.97 Å². The van der Waals surface area contributed by atoms with E-state index < -0.39 is 17.8 Å². The third kappa shape index (κ3) is 2.33. The van der Waals surface area contributed by atoms with Gasteiger partial charge < -0.3 is 10.1 Å². The van der Waals surface area contributed by atoms with Gasteiger partial charge in [0.2, 0.25) is 0 Å². The third-order valence-electron chi connectivity index (χ3n) is 4.64. The van der Waals surface area contributed by atoms with Crippen molar-refractivity contribution in [2.75, 3.05) is 0 Å². The standard InChI is InChI=1S/C16H18N2O3/c1-2-9-5-10(11(6-9)16(20)21)15(19)13-8-18-14-3-4-17-7-12(13)14/h3-4,7-11,18H,2,5-6H2,1H3,(H,20,21). The quantitative estimate of drug-likeness (QED) is 0.846. The fourth-order valence-corrected chi connectivity index (χ4v) is 3.41. The van der Waals surface area contributed by atoms with Gasteiger partial charge in [0, 0.05) is 41.0 Å². The van der Waals surface area contributed by atoms with E-state index in [9.17, 15) is 14.7 Å². The molecule has 0 aliphatic heterocycles. The number of aromatic nitrogens is 2. The molecule has 110 valence electrons. The van der Waals surface area contributed by atoms with Crippen LogP contribution in [0.3, 0.4) is 0 Å². The molecular formula is C16H18N2O3. The first-order valence-electron chi connectivity index (χ1n) is 7.30. The second-order valence-electron chi connectivity index (χ2n) is 5.78. The molecule has 0 bridgehead atoms. The lowest BCUT2D eigenvalue weighted by atomic mass is 9.88. The van der Waals surface area contributed by atoms with Crippen molar-refractivity contribution >= 4 is 22.7 Å². The number of carbonyl (C=O) groups excluding carboxylic acids is 1. The summed E-state index contributed by atoms with van der Waals surface area (Å²) in [6.07, 6.45) is 7.18. The van der Waals surface area contributed by atoms with Crippen LogP contribution in [0.25, 0.3) is 10.9 Å². The molecule has 3 rings (SSSR count). The lowest BCUT2D eigenvalue weighted by Gasteiger charge is -2.13. The van der Waals surface area contributed by atoms with Gasteiger partial charge in [-0.25, -0.2) is 0 Å². The van der Waals surface area contributed by atoms with Crippen LogP contribution in [0.1, 0.15) is 36.5 Å². The minimum absolute atomic E-state index is 0.0717. The molecule has 1 aliphatic carbocycles. The molecule has 3 atom stereocenters. The van der Waals surface area contributed by atoms with Gasteiger partial charge in [-0.05, 0) is 24.8 Å². The number of hydrogen-bond donors (Lipinski definition) is 2. The Morgan fingerprint density at radius 3 is 2.86 bits per heavy atom. The van der Waals surface area contributed by atoms with E-state index in [1.807, 2.05) is 13.0 Å². The molecule has 0 spiro atoms. The summed E-state index contributed by atoms with van der Waals surface area (Å²) in [5, 5.41) is 10.2. The molecular weight excluding hydrogens is 268 g/mol. The predicted octanol–water partition coefficient (Wildman–Crippen LogP) is 2.88. The fourth-order valence-electron chi connectivity index (χ4n) is 3.41. The molecule has 2 aromatic heterocycles. The Bertz CT molecular complexity index is 692. The fraction of sp³-hybridized carbons (Fsp3) is 0.438. The van der Waals surface area contributed by atoms with Crippen LogP contribution < -0.4 is 0 Å². The molecule has 1 fully saturated rings. The van der Waals surface area contributed by atoms with Crippen LogP contribution >= 0.6 is 0 Å². The van der Waals surface area contributed by atoms with Crippen LogP contribution in [0.2, 0.25) is 0 Å². The van der Waals surface area contributed by atoms with E-state index in [0.717, 1.165) is 17.3 Å². The van der Waals surface area contributed by atoms with Crippen molar-refractivity contribution in [1.82, 2.24) is 9.97 Å². The van der Waals surface area contributed by atoms with Crippen LogP contribution in [0.5, 0.6) is 0 Å². The predicted molar refractivity (Wildman–Crippen MR) is 78.1 cm³/mol. The maximum atomic E-state index is 12.8. The number of ketones is 1. The van der Waals surface area contributed by atoms with Crippen molar-refractivity contribution in [1.29, 1.82) is 0 Å². The van der Waals surface area contributed by atoms with Crippen molar-refractivity contribution in [3.63, 3.8) is 0 Å². The first-order chi connectivity index (χ1) is 10.1.